The van der Waals surface area contributed by atoms with Crippen LogP contribution in [-0.2, 0) is 13.1 Å². The van der Waals surface area contributed by atoms with Gasteiger partial charge >= 0.3 is 0 Å². The minimum absolute atomic E-state index is 0. The third-order valence-electron chi connectivity index (χ3n) is 4.14. The van der Waals surface area contributed by atoms with E-state index in [1.807, 2.05) is 37.1 Å². The van der Waals surface area contributed by atoms with E-state index in [1.54, 1.807) is 27.4 Å². The first-order chi connectivity index (χ1) is 13.5. The van der Waals surface area contributed by atoms with Gasteiger partial charge in [-0.1, -0.05) is 12.1 Å². The van der Waals surface area contributed by atoms with Crippen LogP contribution >= 0.6 is 24.0 Å². The normalized spacial score (nSPS) is 10.8. The van der Waals surface area contributed by atoms with Gasteiger partial charge in [-0.05, 0) is 42.3 Å². The summed E-state index contributed by atoms with van der Waals surface area (Å²) in [6, 6.07) is 10.3. The van der Waals surface area contributed by atoms with Crippen molar-refractivity contribution >= 4 is 29.9 Å². The number of ether oxygens (including phenoxy) is 3. The maximum absolute atomic E-state index is 13.4. The molecule has 0 atom stereocenters. The summed E-state index contributed by atoms with van der Waals surface area (Å²) in [5.41, 5.74) is 1.80. The summed E-state index contributed by atoms with van der Waals surface area (Å²) in [6.07, 6.45) is 0. The van der Waals surface area contributed by atoms with Crippen molar-refractivity contribution in [1.82, 2.24) is 10.2 Å². The minimum Gasteiger partial charge on any atom is -0.493 e. The number of halogens is 2. The summed E-state index contributed by atoms with van der Waals surface area (Å²) in [5, 5.41) is 3.26. The maximum atomic E-state index is 13.4. The Morgan fingerprint density at radius 2 is 1.69 bits per heavy atom. The van der Waals surface area contributed by atoms with E-state index in [4.69, 9.17) is 19.2 Å². The Hall–Kier alpha value is -2.23. The third-order valence-corrected chi connectivity index (χ3v) is 4.14. The van der Waals surface area contributed by atoms with E-state index >= 15 is 0 Å². The number of hydrogen-bond acceptors (Lipinski definition) is 4. The highest BCUT2D eigenvalue weighted by atomic mass is 127. The second-order valence-electron chi connectivity index (χ2n) is 6.19. The van der Waals surface area contributed by atoms with Crippen molar-refractivity contribution in [2.24, 2.45) is 4.99 Å². The lowest BCUT2D eigenvalue weighted by molar-refractivity contribution is 0.324. The van der Waals surface area contributed by atoms with Crippen LogP contribution in [0, 0.1) is 5.82 Å². The molecule has 0 unspecified atom stereocenters. The number of nitrogens with one attached hydrogen (secondary N) is 1. The first-order valence-corrected chi connectivity index (χ1v) is 9.05. The van der Waals surface area contributed by atoms with Crippen molar-refractivity contribution in [3.63, 3.8) is 0 Å². The fourth-order valence-corrected chi connectivity index (χ4v) is 2.85. The molecule has 6 nitrogen and oxygen atoms in total. The largest absolute Gasteiger partial charge is 0.493 e. The molecule has 8 heteroatoms. The zero-order chi connectivity index (χ0) is 20.5. The van der Waals surface area contributed by atoms with E-state index in [9.17, 15) is 4.39 Å². The predicted octanol–water partition coefficient (Wildman–Crippen LogP) is 4.07. The lowest BCUT2D eigenvalue weighted by Gasteiger charge is -2.22. The maximum Gasteiger partial charge on any atom is 0.203 e. The Balaban J connectivity index is 0.00000420. The summed E-state index contributed by atoms with van der Waals surface area (Å²) in [4.78, 5) is 6.65. The highest BCUT2D eigenvalue weighted by Gasteiger charge is 2.13. The van der Waals surface area contributed by atoms with Gasteiger partial charge in [-0.2, -0.15) is 0 Å². The van der Waals surface area contributed by atoms with Crippen molar-refractivity contribution in [2.75, 3.05) is 34.9 Å². The molecule has 2 aromatic rings. The van der Waals surface area contributed by atoms with Crippen LogP contribution in [0.3, 0.4) is 0 Å². The quantitative estimate of drug-likeness (QED) is 0.325. The van der Waals surface area contributed by atoms with Crippen molar-refractivity contribution in [3.8, 4) is 17.2 Å². The van der Waals surface area contributed by atoms with Gasteiger partial charge in [0.25, 0.3) is 0 Å². The molecule has 0 aliphatic rings. The van der Waals surface area contributed by atoms with Gasteiger partial charge < -0.3 is 24.4 Å². The second kappa shape index (κ2) is 12.4. The first kappa shape index (κ1) is 24.8. The minimum atomic E-state index is -0.245. The van der Waals surface area contributed by atoms with Crippen molar-refractivity contribution < 1.29 is 18.6 Å². The molecule has 2 rings (SSSR count). The lowest BCUT2D eigenvalue weighted by atomic mass is 10.2. The number of hydrogen-bond donors (Lipinski definition) is 1. The van der Waals surface area contributed by atoms with Crippen LogP contribution in [-0.4, -0.2) is 45.8 Å². The fraction of sp³-hybridized carbons (Fsp3) is 0.381. The van der Waals surface area contributed by atoms with Gasteiger partial charge in [0.15, 0.2) is 17.5 Å². The standard InChI is InChI=1S/C21H28FN3O3.HI/c1-6-23-21(25(2)14-15-8-7-9-17(22)10-15)24-13-16-11-18(26-3)20(28-5)19(12-16)27-4;/h7-12H,6,13-14H2,1-5H3,(H,23,24);1H. The Bertz CT molecular complexity index is 793. The Morgan fingerprint density at radius 3 is 2.21 bits per heavy atom. The number of nitrogens with zero attached hydrogens (tertiary/aromatic N) is 2. The van der Waals surface area contributed by atoms with E-state index in [-0.39, 0.29) is 29.8 Å². The van der Waals surface area contributed by atoms with Crippen molar-refractivity contribution in [3.05, 3.63) is 53.3 Å². The van der Waals surface area contributed by atoms with Crippen LogP contribution in [0.5, 0.6) is 17.2 Å². The fourth-order valence-electron chi connectivity index (χ4n) is 2.85. The first-order valence-electron chi connectivity index (χ1n) is 9.05. The highest BCUT2D eigenvalue weighted by molar-refractivity contribution is 14.0. The van der Waals surface area contributed by atoms with Crippen molar-refractivity contribution in [2.45, 2.75) is 20.0 Å². The second-order valence-corrected chi connectivity index (χ2v) is 6.19. The van der Waals surface area contributed by atoms with E-state index in [2.05, 4.69) is 5.32 Å². The molecule has 1 N–H and O–H groups in total. The average Bonchev–Trinajstić information content (AvgIpc) is 2.70. The van der Waals surface area contributed by atoms with Gasteiger partial charge in [-0.15, -0.1) is 24.0 Å². The van der Waals surface area contributed by atoms with E-state index < -0.39 is 0 Å². The van der Waals surface area contributed by atoms with Crippen LogP contribution in [0.2, 0.25) is 0 Å². The number of benzene rings is 2. The molecule has 0 aliphatic carbocycles. The number of guanidine groups is 1. The molecule has 29 heavy (non-hydrogen) atoms. The van der Waals surface area contributed by atoms with E-state index in [0.717, 1.165) is 23.6 Å². The number of aliphatic imine (C=N–C) groups is 1. The monoisotopic (exact) mass is 517 g/mol. The van der Waals surface area contributed by atoms with Gasteiger partial charge in [-0.25, -0.2) is 9.38 Å². The SMILES string of the molecule is CCNC(=NCc1cc(OC)c(OC)c(OC)c1)N(C)Cc1cccc(F)c1.I. The molecule has 0 aliphatic heterocycles. The molecule has 0 aromatic heterocycles. The zero-order valence-corrected chi connectivity index (χ0v) is 19.8. The summed E-state index contributed by atoms with van der Waals surface area (Å²) in [5.74, 6) is 2.20. The Kier molecular flexibility index (Phi) is 10.6. The summed E-state index contributed by atoms with van der Waals surface area (Å²) in [7, 11) is 6.66. The van der Waals surface area contributed by atoms with Crippen LogP contribution < -0.4 is 19.5 Å². The molecule has 160 valence electrons. The molecule has 0 radical (unpaired) electrons. The Morgan fingerprint density at radius 1 is 1.03 bits per heavy atom. The lowest BCUT2D eigenvalue weighted by Crippen LogP contribution is -2.38. The molecule has 0 heterocycles. The van der Waals surface area contributed by atoms with Gasteiger partial charge in [0.2, 0.25) is 5.75 Å². The topological polar surface area (TPSA) is 55.3 Å². The van der Waals surface area contributed by atoms with Gasteiger partial charge in [0.05, 0.1) is 27.9 Å². The van der Waals surface area contributed by atoms with Gasteiger partial charge in [-0.3, -0.25) is 0 Å². The number of methoxy groups -OCH3 is 3. The molecular formula is C21H29FIN3O3. The molecule has 0 bridgehead atoms. The molecule has 0 saturated heterocycles. The van der Waals surface area contributed by atoms with Gasteiger partial charge in [0, 0.05) is 20.1 Å². The molecule has 0 spiro atoms. The molecule has 0 saturated carbocycles. The van der Waals surface area contributed by atoms with E-state index in [1.165, 1.54) is 12.1 Å². The van der Waals surface area contributed by atoms with Crippen LogP contribution in [0.15, 0.2) is 41.4 Å². The number of rotatable bonds is 8. The van der Waals surface area contributed by atoms with Crippen LogP contribution in [0.4, 0.5) is 4.39 Å². The smallest absolute Gasteiger partial charge is 0.203 e. The summed E-state index contributed by atoms with van der Waals surface area (Å²) in [6.45, 7) is 3.69. The Labute approximate surface area is 189 Å². The van der Waals surface area contributed by atoms with E-state index in [0.29, 0.717) is 30.3 Å². The van der Waals surface area contributed by atoms with Gasteiger partial charge in [0.1, 0.15) is 5.82 Å². The van der Waals surface area contributed by atoms with Crippen LogP contribution in [0.1, 0.15) is 18.1 Å². The average molecular weight is 517 g/mol. The molecule has 2 aromatic carbocycles. The van der Waals surface area contributed by atoms with Crippen molar-refractivity contribution in [1.29, 1.82) is 0 Å². The summed E-state index contributed by atoms with van der Waals surface area (Å²) >= 11 is 0. The molecule has 0 amide bonds. The molecule has 0 fully saturated rings. The highest BCUT2D eigenvalue weighted by Crippen LogP contribution is 2.38. The van der Waals surface area contributed by atoms with Crippen LogP contribution in [0.25, 0.3) is 0 Å². The summed E-state index contributed by atoms with van der Waals surface area (Å²) < 4.78 is 29.6. The predicted molar refractivity (Wildman–Crippen MR) is 124 cm³/mol. The third kappa shape index (κ3) is 6.95. The molecular weight excluding hydrogens is 488 g/mol. The zero-order valence-electron chi connectivity index (χ0n) is 17.5.